The van der Waals surface area contributed by atoms with Crippen molar-refractivity contribution in [3.8, 4) is 0 Å². The van der Waals surface area contributed by atoms with Crippen molar-refractivity contribution in [2.24, 2.45) is 0 Å². The van der Waals surface area contributed by atoms with Crippen LogP contribution in [0.15, 0.2) is 29.2 Å². The Morgan fingerprint density at radius 1 is 1.12 bits per heavy atom. The second-order valence-corrected chi connectivity index (χ2v) is 5.88. The lowest BCUT2D eigenvalue weighted by Crippen LogP contribution is -2.04. The average Bonchev–Trinajstić information content (AvgIpc) is 2.29. The number of sulfone groups is 1. The van der Waals surface area contributed by atoms with Crippen LogP contribution in [0.4, 0.5) is 0 Å². The zero-order valence-electron chi connectivity index (χ0n) is 9.56. The molecule has 0 radical (unpaired) electrons. The average molecular weight is 240 g/mol. The maximum absolute atomic E-state index is 11.5. The summed E-state index contributed by atoms with van der Waals surface area (Å²) in [5.74, 6) is 0.137. The largest absolute Gasteiger partial charge is 0.294 e. The molecule has 0 spiro atoms. The molecule has 0 saturated heterocycles. The Bertz CT molecular complexity index is 458. The van der Waals surface area contributed by atoms with Gasteiger partial charge in [0.2, 0.25) is 0 Å². The van der Waals surface area contributed by atoms with Crippen LogP contribution in [0.1, 0.15) is 37.0 Å². The van der Waals surface area contributed by atoms with Crippen molar-refractivity contribution in [3.05, 3.63) is 29.8 Å². The number of carbonyl (C=O) groups excluding carboxylic acids is 1. The van der Waals surface area contributed by atoms with Crippen molar-refractivity contribution in [3.63, 3.8) is 0 Å². The molecule has 0 aliphatic rings. The van der Waals surface area contributed by atoms with Crippen molar-refractivity contribution in [1.82, 2.24) is 0 Å². The molecule has 0 aromatic heterocycles. The predicted octanol–water partition coefficient (Wildman–Crippen LogP) is 2.46. The lowest BCUT2D eigenvalue weighted by Gasteiger charge is -2.03. The van der Waals surface area contributed by atoms with Crippen LogP contribution in [0.3, 0.4) is 0 Å². The first-order chi connectivity index (χ1) is 7.51. The second-order valence-electron chi connectivity index (χ2n) is 3.60. The van der Waals surface area contributed by atoms with Gasteiger partial charge in [-0.25, -0.2) is 8.42 Å². The van der Waals surface area contributed by atoms with Crippen LogP contribution in [0, 0.1) is 0 Å². The van der Waals surface area contributed by atoms with Gasteiger partial charge in [-0.05, 0) is 18.6 Å². The van der Waals surface area contributed by atoms with Crippen LogP contribution >= 0.6 is 0 Å². The molecule has 0 fully saturated rings. The van der Waals surface area contributed by atoms with Gasteiger partial charge in [0.25, 0.3) is 0 Å². The van der Waals surface area contributed by atoms with Gasteiger partial charge in [0.15, 0.2) is 15.6 Å². The second kappa shape index (κ2) is 5.25. The van der Waals surface area contributed by atoms with Crippen LogP contribution < -0.4 is 0 Å². The molecule has 0 bridgehead atoms. The van der Waals surface area contributed by atoms with E-state index >= 15 is 0 Å². The summed E-state index contributed by atoms with van der Waals surface area (Å²) in [6.45, 7) is 3.54. The molecular weight excluding hydrogens is 224 g/mol. The molecular formula is C12H16O3S. The third-order valence-electron chi connectivity index (χ3n) is 2.39. The third-order valence-corrected chi connectivity index (χ3v) is 4.14. The molecule has 0 unspecified atom stereocenters. The number of carbonyl (C=O) groups is 1. The van der Waals surface area contributed by atoms with Crippen LogP contribution in [-0.4, -0.2) is 20.0 Å². The molecule has 3 nitrogen and oxygen atoms in total. The summed E-state index contributed by atoms with van der Waals surface area (Å²) < 4.78 is 23.0. The van der Waals surface area contributed by atoms with Gasteiger partial charge in [-0.1, -0.05) is 26.0 Å². The van der Waals surface area contributed by atoms with Crippen molar-refractivity contribution >= 4 is 15.6 Å². The lowest BCUT2D eigenvalue weighted by atomic mass is 10.1. The summed E-state index contributed by atoms with van der Waals surface area (Å²) in [7, 11) is -3.16. The summed E-state index contributed by atoms with van der Waals surface area (Å²) in [5.41, 5.74) is 0.580. The van der Waals surface area contributed by atoms with Gasteiger partial charge in [-0.2, -0.15) is 0 Å². The molecule has 4 heteroatoms. The van der Waals surface area contributed by atoms with E-state index in [2.05, 4.69) is 0 Å². The molecule has 0 aliphatic heterocycles. The number of Topliss-reactive ketones (excluding diaryl/α,β-unsaturated/α-hetero) is 1. The van der Waals surface area contributed by atoms with Crippen LogP contribution in [0.25, 0.3) is 0 Å². The molecule has 0 amide bonds. The Hall–Kier alpha value is -1.16. The van der Waals surface area contributed by atoms with Crippen LogP contribution in [0.2, 0.25) is 0 Å². The molecule has 1 rings (SSSR count). The first kappa shape index (κ1) is 12.9. The minimum atomic E-state index is -3.16. The smallest absolute Gasteiger partial charge is 0.178 e. The fourth-order valence-electron chi connectivity index (χ4n) is 1.39. The Labute approximate surface area is 96.4 Å². The van der Waals surface area contributed by atoms with Gasteiger partial charge in [-0.15, -0.1) is 0 Å². The Morgan fingerprint density at radius 3 is 2.12 bits per heavy atom. The quantitative estimate of drug-likeness (QED) is 0.743. The highest BCUT2D eigenvalue weighted by Gasteiger charge is 2.12. The monoisotopic (exact) mass is 240 g/mol. The number of rotatable bonds is 5. The normalized spacial score (nSPS) is 11.4. The van der Waals surface area contributed by atoms with Gasteiger partial charge in [0, 0.05) is 12.0 Å². The van der Waals surface area contributed by atoms with E-state index in [0.29, 0.717) is 12.0 Å². The van der Waals surface area contributed by atoms with E-state index in [-0.39, 0.29) is 16.4 Å². The fourth-order valence-corrected chi connectivity index (χ4v) is 2.27. The molecule has 0 heterocycles. The molecule has 1 aromatic carbocycles. The van der Waals surface area contributed by atoms with Gasteiger partial charge in [0.1, 0.15) is 0 Å². The highest BCUT2D eigenvalue weighted by molar-refractivity contribution is 7.91. The fraction of sp³-hybridized carbons (Fsp3) is 0.417. The summed E-state index contributed by atoms with van der Waals surface area (Å²) in [5, 5.41) is 0. The number of ketones is 1. The van der Waals surface area contributed by atoms with E-state index in [1.807, 2.05) is 6.92 Å². The number of benzene rings is 1. The molecule has 0 saturated carbocycles. The van der Waals surface area contributed by atoms with Crippen molar-refractivity contribution in [1.29, 1.82) is 0 Å². The predicted molar refractivity (Wildman–Crippen MR) is 63.4 cm³/mol. The highest BCUT2D eigenvalue weighted by Crippen LogP contribution is 2.13. The maximum Gasteiger partial charge on any atom is 0.178 e. The van der Waals surface area contributed by atoms with Gasteiger partial charge >= 0.3 is 0 Å². The van der Waals surface area contributed by atoms with Crippen LogP contribution in [-0.2, 0) is 9.84 Å². The highest BCUT2D eigenvalue weighted by atomic mass is 32.2. The van der Waals surface area contributed by atoms with Crippen molar-refractivity contribution in [2.75, 3.05) is 5.75 Å². The Balaban J connectivity index is 2.96. The topological polar surface area (TPSA) is 51.2 Å². The SMILES string of the molecule is CCCC(=O)c1ccc(S(=O)(=O)CC)cc1. The Kier molecular flexibility index (Phi) is 4.24. The zero-order chi connectivity index (χ0) is 12.2. The molecule has 1 aromatic rings. The minimum absolute atomic E-state index is 0.0583. The van der Waals surface area contributed by atoms with E-state index in [1.54, 1.807) is 19.1 Å². The maximum atomic E-state index is 11.5. The van der Waals surface area contributed by atoms with E-state index in [1.165, 1.54) is 12.1 Å². The third kappa shape index (κ3) is 2.92. The number of hydrogen-bond acceptors (Lipinski definition) is 3. The van der Waals surface area contributed by atoms with Gasteiger partial charge in [0.05, 0.1) is 10.6 Å². The first-order valence-corrected chi connectivity index (χ1v) is 7.02. The minimum Gasteiger partial charge on any atom is -0.294 e. The van der Waals surface area contributed by atoms with Gasteiger partial charge < -0.3 is 0 Å². The summed E-state index contributed by atoms with van der Waals surface area (Å²) in [4.78, 5) is 11.8. The first-order valence-electron chi connectivity index (χ1n) is 5.37. The Morgan fingerprint density at radius 2 is 1.69 bits per heavy atom. The van der Waals surface area contributed by atoms with E-state index in [4.69, 9.17) is 0 Å². The van der Waals surface area contributed by atoms with E-state index in [9.17, 15) is 13.2 Å². The molecule has 0 aliphatic carbocycles. The lowest BCUT2D eigenvalue weighted by molar-refractivity contribution is 0.0981. The van der Waals surface area contributed by atoms with Crippen molar-refractivity contribution in [2.45, 2.75) is 31.6 Å². The van der Waals surface area contributed by atoms with E-state index in [0.717, 1.165) is 6.42 Å². The molecule has 88 valence electrons. The standard InChI is InChI=1S/C12H16O3S/c1-3-5-12(13)10-6-8-11(9-7-10)16(14,15)4-2/h6-9H,3-5H2,1-2H3. The molecule has 16 heavy (non-hydrogen) atoms. The summed E-state index contributed by atoms with van der Waals surface area (Å²) in [6, 6.07) is 6.17. The molecule has 0 atom stereocenters. The van der Waals surface area contributed by atoms with Crippen molar-refractivity contribution < 1.29 is 13.2 Å². The zero-order valence-corrected chi connectivity index (χ0v) is 10.4. The summed E-state index contributed by atoms with van der Waals surface area (Å²) >= 11 is 0. The summed E-state index contributed by atoms with van der Waals surface area (Å²) in [6.07, 6.45) is 1.30. The van der Waals surface area contributed by atoms with E-state index < -0.39 is 9.84 Å². The van der Waals surface area contributed by atoms with Crippen LogP contribution in [0.5, 0.6) is 0 Å². The number of hydrogen-bond donors (Lipinski definition) is 0. The molecule has 0 N–H and O–H groups in total. The van der Waals surface area contributed by atoms with Gasteiger partial charge in [-0.3, -0.25) is 4.79 Å².